The molecule has 0 aliphatic rings. The average Bonchev–Trinajstić information content (AvgIpc) is 2.23. The molecule has 18 heavy (non-hydrogen) atoms. The Morgan fingerprint density at radius 1 is 1.06 bits per heavy atom. The molecule has 0 aliphatic heterocycles. The van der Waals surface area contributed by atoms with Gasteiger partial charge < -0.3 is 5.32 Å². The zero-order valence-corrected chi connectivity index (χ0v) is 13.4. The highest BCUT2D eigenvalue weighted by Gasteiger charge is 2.14. The molecular formula is C17H35N. The molecule has 0 amide bonds. The predicted molar refractivity (Wildman–Crippen MR) is 83.8 cm³/mol. The molecule has 0 aliphatic carbocycles. The van der Waals surface area contributed by atoms with E-state index in [2.05, 4.69) is 46.5 Å². The van der Waals surface area contributed by atoms with Gasteiger partial charge in [0.15, 0.2) is 0 Å². The molecule has 0 aromatic rings. The number of allylic oxidation sites excluding steroid dienone is 1. The zero-order valence-electron chi connectivity index (χ0n) is 13.4. The van der Waals surface area contributed by atoms with Crippen LogP contribution >= 0.6 is 0 Å². The summed E-state index contributed by atoms with van der Waals surface area (Å²) in [7, 11) is 0. The van der Waals surface area contributed by atoms with E-state index in [4.69, 9.17) is 0 Å². The highest BCUT2D eigenvalue weighted by molar-refractivity contribution is 4.89. The summed E-state index contributed by atoms with van der Waals surface area (Å²) in [6.45, 7) is 15.3. The molecule has 1 atom stereocenters. The third-order valence-electron chi connectivity index (χ3n) is 3.35. The van der Waals surface area contributed by atoms with Gasteiger partial charge in [-0.05, 0) is 31.6 Å². The Hall–Kier alpha value is -0.460. The minimum Gasteiger partial charge on any atom is -0.386 e. The van der Waals surface area contributed by atoms with Crippen molar-refractivity contribution in [3.63, 3.8) is 0 Å². The second-order valence-corrected chi connectivity index (χ2v) is 6.92. The molecule has 0 aromatic heterocycles. The van der Waals surface area contributed by atoms with E-state index in [1.54, 1.807) is 0 Å². The standard InChI is InChI=1S/C17H35N/c1-7-8-9-10-11-12-16(18-15(2)3)13-14-17(4,5)6/h16,18H,2,7-14H2,1,3-6H3. The Kier molecular flexibility index (Phi) is 9.23. The van der Waals surface area contributed by atoms with Crippen molar-refractivity contribution in [3.8, 4) is 0 Å². The van der Waals surface area contributed by atoms with Crippen molar-refractivity contribution >= 4 is 0 Å². The summed E-state index contributed by atoms with van der Waals surface area (Å²) in [5.41, 5.74) is 1.56. The van der Waals surface area contributed by atoms with Gasteiger partial charge in [-0.2, -0.15) is 0 Å². The van der Waals surface area contributed by atoms with Crippen LogP contribution in [0.2, 0.25) is 0 Å². The van der Waals surface area contributed by atoms with E-state index < -0.39 is 0 Å². The largest absolute Gasteiger partial charge is 0.386 e. The summed E-state index contributed by atoms with van der Waals surface area (Å²) in [6, 6.07) is 0.628. The predicted octanol–water partition coefficient (Wildman–Crippen LogP) is 5.67. The van der Waals surface area contributed by atoms with Crippen LogP contribution in [0.3, 0.4) is 0 Å². The van der Waals surface area contributed by atoms with Gasteiger partial charge in [0.05, 0.1) is 0 Å². The summed E-state index contributed by atoms with van der Waals surface area (Å²) < 4.78 is 0. The van der Waals surface area contributed by atoms with Crippen molar-refractivity contribution in [2.24, 2.45) is 5.41 Å². The smallest absolute Gasteiger partial charge is 0.0258 e. The van der Waals surface area contributed by atoms with Crippen LogP contribution in [0.1, 0.15) is 86.0 Å². The Morgan fingerprint density at radius 3 is 2.17 bits per heavy atom. The first-order chi connectivity index (χ1) is 8.35. The molecule has 1 unspecified atom stereocenters. The van der Waals surface area contributed by atoms with Gasteiger partial charge in [-0.15, -0.1) is 0 Å². The Balaban J connectivity index is 3.88. The quantitative estimate of drug-likeness (QED) is 0.495. The summed E-state index contributed by atoms with van der Waals surface area (Å²) in [5, 5.41) is 3.55. The number of hydrogen-bond acceptors (Lipinski definition) is 1. The third kappa shape index (κ3) is 12.0. The molecule has 0 aromatic carbocycles. The maximum absolute atomic E-state index is 3.99. The molecule has 1 N–H and O–H groups in total. The lowest BCUT2D eigenvalue weighted by Gasteiger charge is -2.25. The number of nitrogens with one attached hydrogen (secondary N) is 1. The first-order valence-electron chi connectivity index (χ1n) is 7.77. The van der Waals surface area contributed by atoms with Crippen LogP contribution in [0.5, 0.6) is 0 Å². The molecule has 1 heteroatoms. The van der Waals surface area contributed by atoms with Gasteiger partial charge in [0, 0.05) is 11.7 Å². The van der Waals surface area contributed by atoms with Crippen LogP contribution in [0, 0.1) is 5.41 Å². The highest BCUT2D eigenvalue weighted by Crippen LogP contribution is 2.23. The van der Waals surface area contributed by atoms with Crippen LogP contribution in [-0.4, -0.2) is 6.04 Å². The lowest BCUT2D eigenvalue weighted by molar-refractivity contribution is 0.327. The lowest BCUT2D eigenvalue weighted by Crippen LogP contribution is -2.28. The molecule has 108 valence electrons. The molecule has 0 bridgehead atoms. The number of unbranched alkanes of at least 4 members (excludes halogenated alkanes) is 4. The molecule has 1 nitrogen and oxygen atoms in total. The third-order valence-corrected chi connectivity index (χ3v) is 3.35. The Bertz CT molecular complexity index is 212. The maximum Gasteiger partial charge on any atom is 0.0258 e. The molecule has 0 fully saturated rings. The van der Waals surface area contributed by atoms with Gasteiger partial charge in [0.25, 0.3) is 0 Å². The summed E-state index contributed by atoms with van der Waals surface area (Å²) in [5.74, 6) is 0. The Morgan fingerprint density at radius 2 is 1.67 bits per heavy atom. The summed E-state index contributed by atoms with van der Waals surface area (Å²) in [6.07, 6.45) is 10.7. The fraction of sp³-hybridized carbons (Fsp3) is 0.882. The molecule has 0 saturated heterocycles. The summed E-state index contributed by atoms with van der Waals surface area (Å²) in [4.78, 5) is 0. The van der Waals surface area contributed by atoms with E-state index in [1.807, 2.05) is 0 Å². The number of hydrogen-bond donors (Lipinski definition) is 1. The fourth-order valence-corrected chi connectivity index (χ4v) is 2.24. The van der Waals surface area contributed by atoms with Crippen LogP contribution < -0.4 is 5.32 Å². The van der Waals surface area contributed by atoms with Crippen LogP contribution in [0.25, 0.3) is 0 Å². The van der Waals surface area contributed by atoms with Gasteiger partial charge in [-0.25, -0.2) is 0 Å². The zero-order chi connectivity index (χ0) is 14.0. The van der Waals surface area contributed by atoms with E-state index in [0.29, 0.717) is 11.5 Å². The van der Waals surface area contributed by atoms with Crippen molar-refractivity contribution < 1.29 is 0 Å². The van der Waals surface area contributed by atoms with Crippen molar-refractivity contribution in [1.82, 2.24) is 5.32 Å². The van der Waals surface area contributed by atoms with Crippen LogP contribution in [0.15, 0.2) is 12.3 Å². The monoisotopic (exact) mass is 253 g/mol. The molecule has 0 radical (unpaired) electrons. The van der Waals surface area contributed by atoms with Gasteiger partial charge in [-0.3, -0.25) is 0 Å². The van der Waals surface area contributed by atoms with E-state index in [-0.39, 0.29) is 0 Å². The van der Waals surface area contributed by atoms with Gasteiger partial charge in [0.1, 0.15) is 0 Å². The highest BCUT2D eigenvalue weighted by atomic mass is 14.9. The van der Waals surface area contributed by atoms with E-state index in [1.165, 1.54) is 51.4 Å². The van der Waals surface area contributed by atoms with E-state index in [0.717, 1.165) is 5.70 Å². The molecule has 0 spiro atoms. The van der Waals surface area contributed by atoms with E-state index in [9.17, 15) is 0 Å². The second-order valence-electron chi connectivity index (χ2n) is 6.92. The minimum absolute atomic E-state index is 0.442. The SMILES string of the molecule is C=C(C)NC(CCCCCCC)CCC(C)(C)C. The van der Waals surface area contributed by atoms with Gasteiger partial charge in [0.2, 0.25) is 0 Å². The molecule has 0 saturated carbocycles. The topological polar surface area (TPSA) is 12.0 Å². The van der Waals surface area contributed by atoms with Crippen molar-refractivity contribution in [2.45, 2.75) is 92.0 Å². The van der Waals surface area contributed by atoms with Crippen molar-refractivity contribution in [3.05, 3.63) is 12.3 Å². The van der Waals surface area contributed by atoms with Gasteiger partial charge >= 0.3 is 0 Å². The summed E-state index contributed by atoms with van der Waals surface area (Å²) >= 11 is 0. The lowest BCUT2D eigenvalue weighted by atomic mass is 9.87. The first kappa shape index (κ1) is 17.5. The molecular weight excluding hydrogens is 218 g/mol. The van der Waals surface area contributed by atoms with Crippen molar-refractivity contribution in [2.75, 3.05) is 0 Å². The van der Waals surface area contributed by atoms with Gasteiger partial charge in [-0.1, -0.05) is 66.4 Å². The fourth-order valence-electron chi connectivity index (χ4n) is 2.24. The molecule has 0 heterocycles. The molecule has 0 rings (SSSR count). The minimum atomic E-state index is 0.442. The Labute approximate surface area is 115 Å². The van der Waals surface area contributed by atoms with Crippen molar-refractivity contribution in [1.29, 1.82) is 0 Å². The second kappa shape index (κ2) is 9.47. The normalized spacial score (nSPS) is 13.4. The van der Waals surface area contributed by atoms with E-state index >= 15 is 0 Å². The maximum atomic E-state index is 3.99. The first-order valence-corrected chi connectivity index (χ1v) is 7.77. The average molecular weight is 253 g/mol. The van der Waals surface area contributed by atoms with Crippen LogP contribution in [-0.2, 0) is 0 Å². The van der Waals surface area contributed by atoms with Crippen LogP contribution in [0.4, 0.5) is 0 Å². The number of rotatable bonds is 10.